The molecule has 1 fully saturated rings. The van der Waals surface area contributed by atoms with Gasteiger partial charge in [0.05, 0.1) is 5.69 Å². The van der Waals surface area contributed by atoms with Gasteiger partial charge in [0.25, 0.3) is 11.8 Å². The zero-order chi connectivity index (χ0) is 26.2. The smallest absolute Gasteiger partial charge is 0.265 e. The molecule has 0 aliphatic carbocycles. The third-order valence-corrected chi connectivity index (χ3v) is 5.86. The summed E-state index contributed by atoms with van der Waals surface area (Å²) in [5.41, 5.74) is 0.432. The molecule has 35 heavy (non-hydrogen) atoms. The lowest BCUT2D eigenvalue weighted by atomic mass is 10.1. The first-order chi connectivity index (χ1) is 16.7. The largest absolute Gasteiger partial charge is 0.747 e. The SMILES string of the molecule is C=C.CCCN1C(=O)C(=C/C=C/C=C2\Oc3ccccc3N2CS(=O)(=O)[O-])C(=O)N(CCC)C1=S. The molecule has 2 amide bonds. The predicted molar refractivity (Wildman–Crippen MR) is 137 cm³/mol. The molecule has 3 rings (SSSR count). The van der Waals surface area contributed by atoms with Gasteiger partial charge in [0.2, 0.25) is 5.88 Å². The average molecular weight is 519 g/mol. The van der Waals surface area contributed by atoms with Crippen molar-refractivity contribution >= 4 is 45.0 Å². The van der Waals surface area contributed by atoms with Crippen molar-refractivity contribution in [1.29, 1.82) is 0 Å². The van der Waals surface area contributed by atoms with Crippen LogP contribution in [0, 0.1) is 0 Å². The molecule has 0 spiro atoms. The number of carbonyl (C=O) groups excluding carboxylic acids is 2. The number of allylic oxidation sites excluding steroid dienone is 4. The molecule has 2 aliphatic heterocycles. The van der Waals surface area contributed by atoms with E-state index in [1.54, 1.807) is 24.3 Å². The van der Waals surface area contributed by atoms with E-state index in [4.69, 9.17) is 17.0 Å². The van der Waals surface area contributed by atoms with Crippen molar-refractivity contribution in [1.82, 2.24) is 9.80 Å². The Kier molecular flexibility index (Phi) is 9.93. The van der Waals surface area contributed by atoms with E-state index in [1.165, 1.54) is 39.0 Å². The number of rotatable bonds is 8. The Morgan fingerprint density at radius 3 is 2.06 bits per heavy atom. The first kappa shape index (κ1) is 28.0. The molecule has 0 N–H and O–H groups in total. The molecular formula is C24H28N3O6S2-. The second-order valence-electron chi connectivity index (χ2n) is 7.35. The summed E-state index contributed by atoms with van der Waals surface area (Å²) in [5.74, 6) is -1.17. The molecule has 0 unspecified atom stereocenters. The third kappa shape index (κ3) is 6.65. The van der Waals surface area contributed by atoms with E-state index in [0.29, 0.717) is 37.4 Å². The van der Waals surface area contributed by atoms with Crippen molar-refractivity contribution in [2.75, 3.05) is 23.9 Å². The summed E-state index contributed by atoms with van der Waals surface area (Å²) in [6.45, 7) is 10.6. The Morgan fingerprint density at radius 1 is 0.971 bits per heavy atom. The van der Waals surface area contributed by atoms with Crippen molar-refractivity contribution in [2.24, 2.45) is 0 Å². The van der Waals surface area contributed by atoms with Crippen LogP contribution >= 0.6 is 12.2 Å². The third-order valence-electron chi connectivity index (χ3n) is 4.84. The van der Waals surface area contributed by atoms with E-state index >= 15 is 0 Å². The fourth-order valence-electron chi connectivity index (χ4n) is 3.44. The molecule has 2 heterocycles. The summed E-state index contributed by atoms with van der Waals surface area (Å²) >= 11 is 5.34. The van der Waals surface area contributed by atoms with Crippen molar-refractivity contribution in [2.45, 2.75) is 26.7 Å². The van der Waals surface area contributed by atoms with Crippen LogP contribution in [0.1, 0.15) is 26.7 Å². The van der Waals surface area contributed by atoms with Gasteiger partial charge in [-0.25, -0.2) is 8.42 Å². The number of hydrogen-bond donors (Lipinski definition) is 0. The number of nitrogens with zero attached hydrogens (tertiary/aromatic N) is 3. The molecule has 11 heteroatoms. The second-order valence-corrected chi connectivity index (χ2v) is 9.09. The van der Waals surface area contributed by atoms with Crippen molar-refractivity contribution in [3.05, 3.63) is 73.2 Å². The zero-order valence-electron chi connectivity index (χ0n) is 19.7. The van der Waals surface area contributed by atoms with E-state index in [-0.39, 0.29) is 16.6 Å². The number of thiocarbonyl (C=S) groups is 1. The lowest BCUT2D eigenvalue weighted by Crippen LogP contribution is -2.56. The lowest BCUT2D eigenvalue weighted by molar-refractivity contribution is -0.133. The van der Waals surface area contributed by atoms with Gasteiger partial charge in [-0.15, -0.1) is 13.2 Å². The molecule has 0 bridgehead atoms. The Bertz CT molecular complexity index is 1140. The van der Waals surface area contributed by atoms with Crippen LogP contribution in [0.3, 0.4) is 0 Å². The number of para-hydroxylation sites is 2. The van der Waals surface area contributed by atoms with Gasteiger partial charge in [0, 0.05) is 13.1 Å². The van der Waals surface area contributed by atoms with E-state index in [2.05, 4.69) is 13.2 Å². The highest BCUT2D eigenvalue weighted by atomic mass is 32.2. The first-order valence-corrected chi connectivity index (χ1v) is 12.9. The van der Waals surface area contributed by atoms with Gasteiger partial charge in [-0.3, -0.25) is 24.3 Å². The Labute approximate surface area is 211 Å². The fraction of sp³-hybridized carbons (Fsp3) is 0.292. The van der Waals surface area contributed by atoms with Gasteiger partial charge >= 0.3 is 0 Å². The summed E-state index contributed by atoms with van der Waals surface area (Å²) in [7, 11) is -4.57. The topological polar surface area (TPSA) is 110 Å². The number of ether oxygens (including phenoxy) is 1. The highest BCUT2D eigenvalue weighted by molar-refractivity contribution is 7.85. The normalized spacial score (nSPS) is 17.0. The van der Waals surface area contributed by atoms with Crippen LogP contribution in [0.15, 0.2) is 73.2 Å². The highest BCUT2D eigenvalue weighted by Gasteiger charge is 2.38. The molecule has 0 saturated carbocycles. The van der Waals surface area contributed by atoms with Crippen molar-refractivity contribution < 1.29 is 27.3 Å². The van der Waals surface area contributed by atoms with E-state index in [0.717, 1.165) is 0 Å². The van der Waals surface area contributed by atoms with Crippen LogP contribution in [0.5, 0.6) is 5.75 Å². The van der Waals surface area contributed by atoms with Crippen LogP contribution in [-0.4, -0.2) is 58.7 Å². The van der Waals surface area contributed by atoms with Crippen LogP contribution in [0.4, 0.5) is 5.69 Å². The molecule has 0 radical (unpaired) electrons. The molecular weight excluding hydrogens is 490 g/mol. The van der Waals surface area contributed by atoms with Crippen LogP contribution in [0.2, 0.25) is 0 Å². The molecule has 0 atom stereocenters. The number of fused-ring (bicyclic) bond motifs is 1. The van der Waals surface area contributed by atoms with Crippen LogP contribution < -0.4 is 9.64 Å². The minimum Gasteiger partial charge on any atom is -0.747 e. The minimum absolute atomic E-state index is 0.0187. The quantitative estimate of drug-likeness (QED) is 0.170. The van der Waals surface area contributed by atoms with Crippen molar-refractivity contribution in [3.8, 4) is 5.75 Å². The van der Waals surface area contributed by atoms with Gasteiger partial charge in [0.15, 0.2) is 10.9 Å². The highest BCUT2D eigenvalue weighted by Crippen LogP contribution is 2.38. The van der Waals surface area contributed by atoms with Gasteiger partial charge in [-0.05, 0) is 49.3 Å². The summed E-state index contributed by atoms with van der Waals surface area (Å²) in [6, 6.07) is 6.71. The maximum Gasteiger partial charge on any atom is 0.265 e. The number of hydrogen-bond acceptors (Lipinski definition) is 8. The molecule has 1 aromatic carbocycles. The molecule has 2 aliphatic rings. The monoisotopic (exact) mass is 518 g/mol. The van der Waals surface area contributed by atoms with E-state index < -0.39 is 27.8 Å². The zero-order valence-corrected chi connectivity index (χ0v) is 21.3. The van der Waals surface area contributed by atoms with Gasteiger partial charge < -0.3 is 9.29 Å². The van der Waals surface area contributed by atoms with Crippen LogP contribution in [-0.2, 0) is 19.7 Å². The Balaban J connectivity index is 0.00000210. The lowest BCUT2D eigenvalue weighted by Gasteiger charge is -2.36. The van der Waals surface area contributed by atoms with Gasteiger partial charge in [-0.1, -0.05) is 38.1 Å². The number of carbonyl (C=O) groups is 2. The molecule has 188 valence electrons. The van der Waals surface area contributed by atoms with E-state index in [9.17, 15) is 22.6 Å². The number of benzene rings is 1. The summed E-state index contributed by atoms with van der Waals surface area (Å²) < 4.78 is 39.7. The Morgan fingerprint density at radius 2 is 1.51 bits per heavy atom. The minimum atomic E-state index is -4.57. The van der Waals surface area contributed by atoms with Crippen molar-refractivity contribution in [3.63, 3.8) is 0 Å². The number of anilines is 1. The predicted octanol–water partition coefficient (Wildman–Crippen LogP) is 3.29. The Hall–Kier alpha value is -3.28. The molecule has 0 aromatic heterocycles. The average Bonchev–Trinajstić information content (AvgIpc) is 3.16. The van der Waals surface area contributed by atoms with E-state index in [1.807, 2.05) is 13.8 Å². The molecule has 9 nitrogen and oxygen atoms in total. The standard InChI is InChI=1S/C22H25N3O6S2.C2H4/c1-3-13-23-20(26)16(21(27)24(14-4-2)22(23)32)9-5-8-12-19-25(15-33(28,29)30)17-10-6-7-11-18(17)31-19;1-2/h5-12H,3-4,13-15H2,1-2H3,(H,28,29,30);1-2H2/p-1/b8-5+,19-12-;. The number of amides is 2. The summed E-state index contributed by atoms with van der Waals surface area (Å²) in [6.07, 6.45) is 7.21. The first-order valence-electron chi connectivity index (χ1n) is 10.9. The second kappa shape index (κ2) is 12.4. The maximum absolute atomic E-state index is 12.8. The van der Waals surface area contributed by atoms with Crippen LogP contribution in [0.25, 0.3) is 0 Å². The maximum atomic E-state index is 12.8. The molecule has 1 aromatic rings. The van der Waals surface area contributed by atoms with Gasteiger partial charge in [-0.2, -0.15) is 0 Å². The summed E-state index contributed by atoms with van der Waals surface area (Å²) in [5, 5.41) is 0.212. The summed E-state index contributed by atoms with van der Waals surface area (Å²) in [4.78, 5) is 29.7. The fourth-order valence-corrected chi connectivity index (χ4v) is 4.37. The van der Waals surface area contributed by atoms with Gasteiger partial charge in [0.1, 0.15) is 21.6 Å². The molecule has 1 saturated heterocycles.